The van der Waals surface area contributed by atoms with Crippen molar-refractivity contribution in [2.75, 3.05) is 0 Å². The fourth-order valence-corrected chi connectivity index (χ4v) is 1.66. The summed E-state index contributed by atoms with van der Waals surface area (Å²) >= 11 is -0.102. The standard InChI is InChI=1S/C6H4ClNO2Se/c7-11-6-3-1-5(2-4-6)8(9)10/h1-4H. The van der Waals surface area contributed by atoms with Gasteiger partial charge in [0.25, 0.3) is 0 Å². The Labute approximate surface area is 73.9 Å². The quantitative estimate of drug-likeness (QED) is 0.438. The summed E-state index contributed by atoms with van der Waals surface area (Å²) in [4.78, 5) is 9.75. The van der Waals surface area contributed by atoms with E-state index in [1.807, 2.05) is 0 Å². The van der Waals surface area contributed by atoms with Gasteiger partial charge in [-0.3, -0.25) is 0 Å². The predicted molar refractivity (Wildman–Crippen MR) is 44.3 cm³/mol. The maximum absolute atomic E-state index is 10.2. The van der Waals surface area contributed by atoms with Crippen LogP contribution in [-0.2, 0) is 0 Å². The molecule has 1 rings (SSSR count). The molecule has 3 nitrogen and oxygen atoms in total. The van der Waals surface area contributed by atoms with Crippen molar-refractivity contribution in [2.45, 2.75) is 0 Å². The molecular weight excluding hydrogens is 232 g/mol. The average molecular weight is 237 g/mol. The number of nitro benzene ring substituents is 1. The molecular formula is C6H4ClNO2Se. The molecule has 1 aromatic carbocycles. The summed E-state index contributed by atoms with van der Waals surface area (Å²) in [6.07, 6.45) is 0. The van der Waals surface area contributed by atoms with Gasteiger partial charge in [-0.05, 0) is 0 Å². The van der Waals surface area contributed by atoms with Crippen molar-refractivity contribution in [3.63, 3.8) is 0 Å². The number of nitrogens with zero attached hydrogens (tertiary/aromatic N) is 1. The normalized spacial score (nSPS) is 9.55. The molecule has 0 N–H and O–H groups in total. The Hall–Kier alpha value is -0.571. The monoisotopic (exact) mass is 237 g/mol. The first-order valence-corrected chi connectivity index (χ1v) is 5.88. The van der Waals surface area contributed by atoms with E-state index in [2.05, 4.69) is 0 Å². The van der Waals surface area contributed by atoms with Crippen LogP contribution in [0.1, 0.15) is 0 Å². The van der Waals surface area contributed by atoms with Crippen LogP contribution in [-0.4, -0.2) is 19.0 Å². The van der Waals surface area contributed by atoms with Crippen molar-refractivity contribution >= 4 is 34.3 Å². The first kappa shape index (κ1) is 8.53. The molecule has 0 aliphatic rings. The molecule has 0 saturated carbocycles. The summed E-state index contributed by atoms with van der Waals surface area (Å²) in [6, 6.07) is 6.26. The second-order valence-electron chi connectivity index (χ2n) is 1.83. The van der Waals surface area contributed by atoms with Gasteiger partial charge < -0.3 is 0 Å². The predicted octanol–water partition coefficient (Wildman–Crippen LogP) is 1.08. The minimum atomic E-state index is -0.426. The van der Waals surface area contributed by atoms with Crippen LogP contribution in [0.4, 0.5) is 5.69 Å². The van der Waals surface area contributed by atoms with Crippen LogP contribution < -0.4 is 4.46 Å². The molecule has 11 heavy (non-hydrogen) atoms. The molecule has 0 unspecified atom stereocenters. The molecule has 0 atom stereocenters. The third kappa shape index (κ3) is 2.19. The average Bonchev–Trinajstić information content (AvgIpc) is 2.05. The van der Waals surface area contributed by atoms with E-state index in [0.29, 0.717) is 0 Å². The Balaban J connectivity index is 2.91. The van der Waals surface area contributed by atoms with Crippen LogP contribution in [0.3, 0.4) is 0 Å². The zero-order chi connectivity index (χ0) is 8.27. The van der Waals surface area contributed by atoms with Crippen molar-refractivity contribution in [2.24, 2.45) is 0 Å². The van der Waals surface area contributed by atoms with E-state index in [9.17, 15) is 10.1 Å². The number of benzene rings is 1. The number of rotatable bonds is 2. The molecule has 0 bridgehead atoms. The van der Waals surface area contributed by atoms with E-state index in [0.717, 1.165) is 4.46 Å². The van der Waals surface area contributed by atoms with Crippen molar-refractivity contribution in [3.05, 3.63) is 34.4 Å². The van der Waals surface area contributed by atoms with E-state index in [-0.39, 0.29) is 19.7 Å². The Morgan fingerprint density at radius 1 is 1.36 bits per heavy atom. The zero-order valence-corrected chi connectivity index (χ0v) is 7.83. The molecule has 0 spiro atoms. The number of non-ortho nitro benzene ring substituents is 1. The van der Waals surface area contributed by atoms with Crippen molar-refractivity contribution < 1.29 is 4.92 Å². The molecule has 0 radical (unpaired) electrons. The fraction of sp³-hybridized carbons (Fsp3) is 0. The Morgan fingerprint density at radius 2 is 1.91 bits per heavy atom. The summed E-state index contributed by atoms with van der Waals surface area (Å²) in [6.45, 7) is 0. The summed E-state index contributed by atoms with van der Waals surface area (Å²) in [5.41, 5.74) is 0.106. The second kappa shape index (κ2) is 3.72. The summed E-state index contributed by atoms with van der Waals surface area (Å²) in [5.74, 6) is 0. The van der Waals surface area contributed by atoms with Crippen LogP contribution in [0.2, 0.25) is 0 Å². The number of halogens is 1. The van der Waals surface area contributed by atoms with Crippen molar-refractivity contribution in [1.29, 1.82) is 0 Å². The molecule has 0 heterocycles. The first-order valence-electron chi connectivity index (χ1n) is 2.77. The molecule has 58 valence electrons. The SMILES string of the molecule is O=[N+]([O-])c1ccc([Se]Cl)cc1. The zero-order valence-electron chi connectivity index (χ0n) is 5.36. The van der Waals surface area contributed by atoms with Gasteiger partial charge in [0, 0.05) is 0 Å². The van der Waals surface area contributed by atoms with Gasteiger partial charge in [-0.1, -0.05) is 0 Å². The molecule has 0 fully saturated rings. The summed E-state index contributed by atoms with van der Waals surface area (Å²) < 4.78 is 0.949. The van der Waals surface area contributed by atoms with Gasteiger partial charge in [0.1, 0.15) is 0 Å². The van der Waals surface area contributed by atoms with Crippen LogP contribution in [0.5, 0.6) is 0 Å². The van der Waals surface area contributed by atoms with Gasteiger partial charge in [0.15, 0.2) is 0 Å². The third-order valence-electron chi connectivity index (χ3n) is 1.14. The first-order chi connectivity index (χ1) is 5.24. The van der Waals surface area contributed by atoms with Gasteiger partial charge in [-0.25, -0.2) is 0 Å². The van der Waals surface area contributed by atoms with Gasteiger partial charge in [-0.15, -0.1) is 0 Å². The molecule has 0 aliphatic heterocycles. The van der Waals surface area contributed by atoms with E-state index < -0.39 is 4.92 Å². The van der Waals surface area contributed by atoms with Crippen LogP contribution >= 0.6 is 10.1 Å². The molecule has 0 amide bonds. The van der Waals surface area contributed by atoms with Crippen LogP contribution in [0, 0.1) is 10.1 Å². The number of nitro groups is 1. The van der Waals surface area contributed by atoms with Crippen molar-refractivity contribution in [3.8, 4) is 0 Å². The summed E-state index contributed by atoms with van der Waals surface area (Å²) in [5, 5.41) is 10.2. The van der Waals surface area contributed by atoms with E-state index in [1.165, 1.54) is 12.1 Å². The Kier molecular flexibility index (Phi) is 2.88. The third-order valence-corrected chi connectivity index (χ3v) is 3.01. The van der Waals surface area contributed by atoms with Crippen LogP contribution in [0.15, 0.2) is 24.3 Å². The van der Waals surface area contributed by atoms with Gasteiger partial charge in [0.2, 0.25) is 0 Å². The topological polar surface area (TPSA) is 43.1 Å². The van der Waals surface area contributed by atoms with Gasteiger partial charge in [0.05, 0.1) is 0 Å². The number of hydrogen-bond donors (Lipinski definition) is 0. The molecule has 0 saturated heterocycles. The summed E-state index contributed by atoms with van der Waals surface area (Å²) in [7, 11) is 5.55. The van der Waals surface area contributed by atoms with Gasteiger partial charge in [-0.2, -0.15) is 0 Å². The molecule has 0 aliphatic carbocycles. The Morgan fingerprint density at radius 3 is 2.27 bits per heavy atom. The van der Waals surface area contributed by atoms with E-state index in [4.69, 9.17) is 10.1 Å². The second-order valence-corrected chi connectivity index (χ2v) is 3.94. The fourth-order valence-electron chi connectivity index (χ4n) is 0.619. The molecule has 0 aromatic heterocycles. The minimum absolute atomic E-state index is 0.102. The molecule has 1 aromatic rings. The maximum atomic E-state index is 10.2. The van der Waals surface area contributed by atoms with E-state index in [1.54, 1.807) is 12.1 Å². The number of hydrogen-bond acceptors (Lipinski definition) is 2. The Bertz CT molecular complexity index is 262. The van der Waals surface area contributed by atoms with E-state index >= 15 is 0 Å². The molecule has 5 heteroatoms. The van der Waals surface area contributed by atoms with Crippen molar-refractivity contribution in [1.82, 2.24) is 0 Å². The van der Waals surface area contributed by atoms with Gasteiger partial charge >= 0.3 is 73.6 Å². The van der Waals surface area contributed by atoms with Crippen LogP contribution in [0.25, 0.3) is 0 Å².